The van der Waals surface area contributed by atoms with Gasteiger partial charge in [-0.05, 0) is 28.1 Å². The zero-order chi connectivity index (χ0) is 15.7. The number of nitrogens with one attached hydrogen (secondary N) is 1. The van der Waals surface area contributed by atoms with E-state index < -0.39 is 5.56 Å². The first-order valence-corrected chi connectivity index (χ1v) is 6.62. The van der Waals surface area contributed by atoms with E-state index >= 15 is 0 Å². The number of aromatic hydroxyl groups is 1. The molecule has 1 aromatic carbocycles. The SMILES string of the molecule is N#Cc1c(N)[nH]c(=O)c(C#N)c1-c1c(O)ccc(Cl)c1Br. The molecule has 0 saturated carbocycles. The summed E-state index contributed by atoms with van der Waals surface area (Å²) in [4.78, 5) is 14.1. The van der Waals surface area contributed by atoms with E-state index in [1.54, 1.807) is 6.07 Å². The van der Waals surface area contributed by atoms with Gasteiger partial charge in [-0.25, -0.2) is 0 Å². The Morgan fingerprint density at radius 3 is 2.43 bits per heavy atom. The minimum atomic E-state index is -0.754. The Bertz CT molecular complexity index is 893. The Morgan fingerprint density at radius 2 is 1.86 bits per heavy atom. The molecule has 0 amide bonds. The van der Waals surface area contributed by atoms with Gasteiger partial charge >= 0.3 is 0 Å². The number of H-pyrrole nitrogens is 1. The number of rotatable bonds is 1. The fourth-order valence-corrected chi connectivity index (χ4v) is 2.56. The van der Waals surface area contributed by atoms with E-state index in [0.717, 1.165) is 0 Å². The highest BCUT2D eigenvalue weighted by atomic mass is 79.9. The lowest BCUT2D eigenvalue weighted by Gasteiger charge is -2.13. The summed E-state index contributed by atoms with van der Waals surface area (Å²) in [6.07, 6.45) is 0. The van der Waals surface area contributed by atoms with Crippen LogP contribution in [0.3, 0.4) is 0 Å². The van der Waals surface area contributed by atoms with E-state index in [1.165, 1.54) is 12.1 Å². The fraction of sp³-hybridized carbons (Fsp3) is 0. The van der Waals surface area contributed by atoms with Gasteiger partial charge in [0.1, 0.15) is 34.8 Å². The van der Waals surface area contributed by atoms with Crippen LogP contribution in [0.2, 0.25) is 5.02 Å². The average Bonchev–Trinajstić information content (AvgIpc) is 2.43. The van der Waals surface area contributed by atoms with Crippen LogP contribution in [0.4, 0.5) is 5.82 Å². The van der Waals surface area contributed by atoms with Crippen molar-refractivity contribution in [2.45, 2.75) is 0 Å². The summed E-state index contributed by atoms with van der Waals surface area (Å²) in [5, 5.41) is 28.7. The van der Waals surface area contributed by atoms with E-state index in [-0.39, 0.29) is 43.3 Å². The number of phenols is 1. The predicted molar refractivity (Wildman–Crippen MR) is 80.7 cm³/mol. The number of nitrogen functional groups attached to an aromatic ring is 1. The molecule has 0 bridgehead atoms. The highest BCUT2D eigenvalue weighted by Gasteiger charge is 2.23. The van der Waals surface area contributed by atoms with Crippen molar-refractivity contribution in [2.75, 3.05) is 5.73 Å². The first-order valence-electron chi connectivity index (χ1n) is 5.45. The Labute approximate surface area is 132 Å². The number of anilines is 1. The lowest BCUT2D eigenvalue weighted by atomic mass is 9.96. The van der Waals surface area contributed by atoms with Crippen LogP contribution in [0.25, 0.3) is 11.1 Å². The van der Waals surface area contributed by atoms with Gasteiger partial charge in [-0.2, -0.15) is 10.5 Å². The highest BCUT2D eigenvalue weighted by Crippen LogP contribution is 2.42. The molecule has 104 valence electrons. The quantitative estimate of drug-likeness (QED) is 0.715. The molecule has 8 heteroatoms. The number of aromatic amines is 1. The number of nitriles is 2. The van der Waals surface area contributed by atoms with Crippen molar-refractivity contribution < 1.29 is 5.11 Å². The molecule has 0 atom stereocenters. The number of pyridine rings is 1. The first-order chi connectivity index (χ1) is 9.92. The van der Waals surface area contributed by atoms with Crippen molar-refractivity contribution >= 4 is 33.3 Å². The Morgan fingerprint density at radius 1 is 1.24 bits per heavy atom. The van der Waals surface area contributed by atoms with Gasteiger partial charge in [-0.3, -0.25) is 4.79 Å². The number of nitrogens with two attached hydrogens (primary N) is 1. The summed E-state index contributed by atoms with van der Waals surface area (Å²) >= 11 is 9.15. The second-order valence-corrected chi connectivity index (χ2v) is 5.17. The molecule has 0 spiro atoms. The Balaban J connectivity index is 3.09. The van der Waals surface area contributed by atoms with Crippen LogP contribution in [-0.4, -0.2) is 10.1 Å². The minimum Gasteiger partial charge on any atom is -0.507 e. The van der Waals surface area contributed by atoms with Crippen LogP contribution in [-0.2, 0) is 0 Å². The molecule has 0 aliphatic carbocycles. The van der Waals surface area contributed by atoms with Gasteiger partial charge in [0.15, 0.2) is 0 Å². The number of phenolic OH excluding ortho intramolecular Hbond substituents is 1. The second-order valence-electron chi connectivity index (χ2n) is 3.97. The van der Waals surface area contributed by atoms with Crippen LogP contribution < -0.4 is 11.3 Å². The van der Waals surface area contributed by atoms with E-state index in [4.69, 9.17) is 17.3 Å². The van der Waals surface area contributed by atoms with Crippen LogP contribution in [0.5, 0.6) is 5.75 Å². The summed E-state index contributed by atoms with van der Waals surface area (Å²) in [5.74, 6) is -0.438. The van der Waals surface area contributed by atoms with Gasteiger partial charge < -0.3 is 15.8 Å². The molecule has 0 unspecified atom stereocenters. The number of nitrogens with zero attached hydrogens (tertiary/aromatic N) is 2. The molecule has 2 aromatic rings. The van der Waals surface area contributed by atoms with Gasteiger partial charge in [-0.15, -0.1) is 0 Å². The van der Waals surface area contributed by atoms with E-state index in [1.807, 2.05) is 6.07 Å². The van der Waals surface area contributed by atoms with Gasteiger partial charge in [-0.1, -0.05) is 11.6 Å². The maximum Gasteiger partial charge on any atom is 0.268 e. The molecule has 4 N–H and O–H groups in total. The van der Waals surface area contributed by atoms with Gasteiger partial charge in [0.05, 0.1) is 5.02 Å². The molecule has 2 rings (SSSR count). The topological polar surface area (TPSA) is 127 Å². The highest BCUT2D eigenvalue weighted by molar-refractivity contribution is 9.10. The third-order valence-electron chi connectivity index (χ3n) is 2.79. The molecule has 0 aliphatic heterocycles. The van der Waals surface area contributed by atoms with Crippen molar-refractivity contribution in [3.8, 4) is 29.0 Å². The predicted octanol–water partition coefficient (Wildman–Crippen LogP) is 2.49. The largest absolute Gasteiger partial charge is 0.507 e. The number of hydrogen-bond acceptors (Lipinski definition) is 5. The molecular weight excluding hydrogens is 360 g/mol. The first kappa shape index (κ1) is 14.9. The number of aromatic nitrogens is 1. The lowest BCUT2D eigenvalue weighted by Crippen LogP contribution is -2.16. The van der Waals surface area contributed by atoms with Crippen LogP contribution >= 0.6 is 27.5 Å². The molecule has 6 nitrogen and oxygen atoms in total. The number of hydrogen-bond donors (Lipinski definition) is 3. The summed E-state index contributed by atoms with van der Waals surface area (Å²) in [6.45, 7) is 0. The zero-order valence-corrected chi connectivity index (χ0v) is 12.6. The molecule has 0 radical (unpaired) electrons. The minimum absolute atomic E-state index is 0.0619. The molecular formula is C13H6BrClN4O2. The van der Waals surface area contributed by atoms with Crippen molar-refractivity contribution in [1.82, 2.24) is 4.98 Å². The molecule has 0 aliphatic rings. The van der Waals surface area contributed by atoms with Crippen molar-refractivity contribution in [3.05, 3.63) is 43.1 Å². The smallest absolute Gasteiger partial charge is 0.268 e. The van der Waals surface area contributed by atoms with Crippen molar-refractivity contribution in [2.24, 2.45) is 0 Å². The third kappa shape index (κ3) is 2.33. The summed E-state index contributed by atoms with van der Waals surface area (Å²) < 4.78 is 0.252. The monoisotopic (exact) mass is 364 g/mol. The summed E-state index contributed by atoms with van der Waals surface area (Å²) in [5.41, 5.74) is 4.41. The Hall–Kier alpha value is -2.48. The Kier molecular flexibility index (Phi) is 3.90. The van der Waals surface area contributed by atoms with Gasteiger partial charge in [0, 0.05) is 15.6 Å². The third-order valence-corrected chi connectivity index (χ3v) is 4.16. The fourth-order valence-electron chi connectivity index (χ4n) is 1.87. The second kappa shape index (κ2) is 5.49. The van der Waals surface area contributed by atoms with Crippen LogP contribution in [0, 0.1) is 22.7 Å². The molecule has 0 saturated heterocycles. The molecule has 21 heavy (non-hydrogen) atoms. The summed E-state index contributed by atoms with van der Waals surface area (Å²) in [7, 11) is 0. The van der Waals surface area contributed by atoms with Gasteiger partial charge in [0.2, 0.25) is 0 Å². The normalized spacial score (nSPS) is 9.90. The van der Waals surface area contributed by atoms with E-state index in [9.17, 15) is 20.4 Å². The molecule has 1 aromatic heterocycles. The van der Waals surface area contributed by atoms with E-state index in [2.05, 4.69) is 20.9 Å². The van der Waals surface area contributed by atoms with Gasteiger partial charge in [0.25, 0.3) is 5.56 Å². The zero-order valence-electron chi connectivity index (χ0n) is 10.2. The molecule has 0 fully saturated rings. The van der Waals surface area contributed by atoms with Crippen molar-refractivity contribution in [1.29, 1.82) is 10.5 Å². The maximum atomic E-state index is 11.8. The standard InChI is InChI=1S/C13H6BrClN4O2/c14-11-7(15)1-2-8(20)10(11)9-5(3-16)12(18)19-13(21)6(9)4-17/h1-2,20H,(H3,18,19,21). The lowest BCUT2D eigenvalue weighted by molar-refractivity contribution is 0.477. The summed E-state index contributed by atoms with van der Waals surface area (Å²) in [6, 6.07) is 6.25. The molecule has 1 heterocycles. The van der Waals surface area contributed by atoms with Crippen LogP contribution in [0.1, 0.15) is 11.1 Å². The van der Waals surface area contributed by atoms with Crippen molar-refractivity contribution in [3.63, 3.8) is 0 Å². The number of benzene rings is 1. The van der Waals surface area contributed by atoms with Crippen LogP contribution in [0.15, 0.2) is 21.4 Å². The number of halogens is 2. The van der Waals surface area contributed by atoms with E-state index in [0.29, 0.717) is 0 Å². The average molecular weight is 366 g/mol. The maximum absolute atomic E-state index is 11.8.